The van der Waals surface area contributed by atoms with Crippen LogP contribution in [0.15, 0.2) is 6.07 Å². The molecule has 2 aliphatic heterocycles. The summed E-state index contributed by atoms with van der Waals surface area (Å²) in [6.07, 6.45) is 4.84. The van der Waals surface area contributed by atoms with Crippen molar-refractivity contribution in [3.8, 4) is 0 Å². The van der Waals surface area contributed by atoms with Crippen molar-refractivity contribution >= 4 is 17.2 Å². The highest BCUT2D eigenvalue weighted by Crippen LogP contribution is 2.31. The van der Waals surface area contributed by atoms with Crippen LogP contribution in [0, 0.1) is 13.8 Å². The van der Waals surface area contributed by atoms with Crippen LogP contribution in [0.2, 0.25) is 0 Å². The minimum Gasteiger partial charge on any atom is -0.334 e. The van der Waals surface area contributed by atoms with E-state index < -0.39 is 0 Å². The second-order valence-electron chi connectivity index (χ2n) is 6.23. The van der Waals surface area contributed by atoms with Gasteiger partial charge in [-0.2, -0.15) is 0 Å². The summed E-state index contributed by atoms with van der Waals surface area (Å²) in [6, 6.07) is 3.06. The van der Waals surface area contributed by atoms with Crippen LogP contribution in [0.1, 0.15) is 45.8 Å². The number of amides is 1. The molecule has 2 saturated heterocycles. The van der Waals surface area contributed by atoms with Gasteiger partial charge in [0.05, 0.1) is 5.56 Å². The Morgan fingerprint density at radius 2 is 1.90 bits per heavy atom. The molecule has 0 radical (unpaired) electrons. The number of likely N-dealkylation sites (tertiary alicyclic amines) is 2. The number of rotatable bonds is 2. The summed E-state index contributed by atoms with van der Waals surface area (Å²) >= 11 is 1.73. The Hall–Kier alpha value is -0.870. The first-order chi connectivity index (χ1) is 9.58. The number of hydrogen-bond acceptors (Lipinski definition) is 3. The topological polar surface area (TPSA) is 23.6 Å². The molecule has 1 amide bonds. The van der Waals surface area contributed by atoms with Gasteiger partial charge in [0, 0.05) is 28.4 Å². The Morgan fingerprint density at radius 1 is 1.20 bits per heavy atom. The lowest BCUT2D eigenvalue weighted by Gasteiger charge is -2.33. The molecule has 110 valence electrons. The van der Waals surface area contributed by atoms with Crippen LogP contribution in [-0.4, -0.2) is 47.9 Å². The predicted octanol–water partition coefficient (Wildman–Crippen LogP) is 3.06. The molecule has 1 aromatic rings. The number of carbonyl (C=O) groups excluding carboxylic acids is 1. The van der Waals surface area contributed by atoms with Crippen molar-refractivity contribution in [2.45, 2.75) is 51.6 Å². The molecule has 0 spiro atoms. The Morgan fingerprint density at radius 3 is 2.50 bits per heavy atom. The van der Waals surface area contributed by atoms with Crippen molar-refractivity contribution in [2.75, 3.05) is 20.1 Å². The summed E-state index contributed by atoms with van der Waals surface area (Å²) in [7, 11) is 2.21. The number of carbonyl (C=O) groups is 1. The monoisotopic (exact) mass is 292 g/mol. The number of hydrogen-bond donors (Lipinski definition) is 0. The highest BCUT2D eigenvalue weighted by Gasteiger charge is 2.39. The molecule has 2 fully saturated rings. The van der Waals surface area contributed by atoms with Crippen molar-refractivity contribution < 1.29 is 4.79 Å². The maximum Gasteiger partial charge on any atom is 0.255 e. The van der Waals surface area contributed by atoms with E-state index in [9.17, 15) is 4.79 Å². The first-order valence-electron chi connectivity index (χ1n) is 7.66. The third kappa shape index (κ3) is 2.40. The Bertz CT molecular complexity index is 511. The molecular formula is C16H24N2OS. The first-order valence-corrected chi connectivity index (χ1v) is 8.48. The molecule has 3 heterocycles. The van der Waals surface area contributed by atoms with Gasteiger partial charge < -0.3 is 9.80 Å². The zero-order valence-electron chi connectivity index (χ0n) is 12.7. The van der Waals surface area contributed by atoms with E-state index in [1.165, 1.54) is 30.7 Å². The van der Waals surface area contributed by atoms with Crippen molar-refractivity contribution in [3.63, 3.8) is 0 Å². The summed E-state index contributed by atoms with van der Waals surface area (Å²) in [5, 5.41) is 0. The lowest BCUT2D eigenvalue weighted by Crippen LogP contribution is -2.47. The Labute approximate surface area is 125 Å². The third-order valence-corrected chi connectivity index (χ3v) is 5.82. The van der Waals surface area contributed by atoms with Gasteiger partial charge in [-0.1, -0.05) is 0 Å². The van der Waals surface area contributed by atoms with Crippen molar-refractivity contribution in [3.05, 3.63) is 21.4 Å². The van der Waals surface area contributed by atoms with Gasteiger partial charge in [-0.05, 0) is 59.2 Å². The van der Waals surface area contributed by atoms with Gasteiger partial charge in [0.25, 0.3) is 5.91 Å². The zero-order valence-corrected chi connectivity index (χ0v) is 13.5. The van der Waals surface area contributed by atoms with E-state index in [2.05, 4.69) is 36.8 Å². The number of thiophene rings is 1. The molecule has 3 nitrogen and oxygen atoms in total. The highest BCUT2D eigenvalue weighted by molar-refractivity contribution is 7.12. The van der Waals surface area contributed by atoms with E-state index in [-0.39, 0.29) is 5.91 Å². The minimum absolute atomic E-state index is 0.259. The van der Waals surface area contributed by atoms with Crippen LogP contribution in [0.25, 0.3) is 0 Å². The van der Waals surface area contributed by atoms with Gasteiger partial charge in [-0.15, -0.1) is 11.3 Å². The molecule has 0 bridgehead atoms. The molecule has 0 saturated carbocycles. The quantitative estimate of drug-likeness (QED) is 0.836. The molecule has 2 atom stereocenters. The molecule has 0 aliphatic carbocycles. The van der Waals surface area contributed by atoms with Crippen molar-refractivity contribution in [2.24, 2.45) is 0 Å². The van der Waals surface area contributed by atoms with Gasteiger partial charge in [0.1, 0.15) is 0 Å². The van der Waals surface area contributed by atoms with Crippen LogP contribution in [-0.2, 0) is 0 Å². The average molecular weight is 292 g/mol. The van der Waals surface area contributed by atoms with Gasteiger partial charge in [0.15, 0.2) is 0 Å². The molecule has 1 aromatic heterocycles. The summed E-state index contributed by atoms with van der Waals surface area (Å²) in [5.41, 5.74) is 0.931. The molecule has 2 unspecified atom stereocenters. The third-order valence-electron chi connectivity index (χ3n) is 4.85. The van der Waals surface area contributed by atoms with E-state index in [0.717, 1.165) is 23.4 Å². The van der Waals surface area contributed by atoms with Gasteiger partial charge in [-0.25, -0.2) is 0 Å². The average Bonchev–Trinajstić information content (AvgIpc) is 3.08. The lowest BCUT2D eigenvalue weighted by atomic mass is 10.0. The van der Waals surface area contributed by atoms with Crippen LogP contribution in [0.5, 0.6) is 0 Å². The molecule has 0 N–H and O–H groups in total. The molecule has 2 aliphatic rings. The number of aryl methyl sites for hydroxylation is 2. The largest absolute Gasteiger partial charge is 0.334 e. The molecular weight excluding hydrogens is 268 g/mol. The van der Waals surface area contributed by atoms with Gasteiger partial charge >= 0.3 is 0 Å². The van der Waals surface area contributed by atoms with Crippen LogP contribution in [0.4, 0.5) is 0 Å². The van der Waals surface area contributed by atoms with Gasteiger partial charge in [0.2, 0.25) is 0 Å². The fourth-order valence-electron chi connectivity index (χ4n) is 3.86. The normalized spacial score (nSPS) is 27.4. The SMILES string of the molecule is Cc1cc(C(=O)N2CCCC2C2CCCN2C)c(C)s1. The number of likely N-dealkylation sites (N-methyl/N-ethyl adjacent to an activating group) is 1. The zero-order chi connectivity index (χ0) is 14.3. The predicted molar refractivity (Wildman–Crippen MR) is 83.5 cm³/mol. The van der Waals surface area contributed by atoms with Crippen LogP contribution >= 0.6 is 11.3 Å². The fraction of sp³-hybridized carbons (Fsp3) is 0.688. The second-order valence-corrected chi connectivity index (χ2v) is 7.69. The fourth-order valence-corrected chi connectivity index (χ4v) is 4.78. The van der Waals surface area contributed by atoms with Crippen molar-refractivity contribution in [1.29, 1.82) is 0 Å². The smallest absolute Gasteiger partial charge is 0.255 e. The van der Waals surface area contributed by atoms with Crippen molar-refractivity contribution in [1.82, 2.24) is 9.80 Å². The Balaban J connectivity index is 1.81. The summed E-state index contributed by atoms with van der Waals surface area (Å²) in [4.78, 5) is 19.9. The van der Waals surface area contributed by atoms with E-state index in [0.29, 0.717) is 12.1 Å². The van der Waals surface area contributed by atoms with Crippen LogP contribution < -0.4 is 0 Å². The first kappa shape index (κ1) is 14.1. The molecule has 20 heavy (non-hydrogen) atoms. The highest BCUT2D eigenvalue weighted by atomic mass is 32.1. The maximum absolute atomic E-state index is 12.9. The number of nitrogens with zero attached hydrogens (tertiary/aromatic N) is 2. The molecule has 4 heteroatoms. The van der Waals surface area contributed by atoms with Crippen LogP contribution in [0.3, 0.4) is 0 Å². The Kier molecular flexibility index (Phi) is 3.87. The molecule has 3 rings (SSSR count). The minimum atomic E-state index is 0.259. The maximum atomic E-state index is 12.9. The summed E-state index contributed by atoms with van der Waals surface area (Å²) < 4.78 is 0. The van der Waals surface area contributed by atoms with E-state index in [1.807, 2.05) is 0 Å². The van der Waals surface area contributed by atoms with E-state index in [1.54, 1.807) is 11.3 Å². The lowest BCUT2D eigenvalue weighted by molar-refractivity contribution is 0.0664. The van der Waals surface area contributed by atoms with E-state index >= 15 is 0 Å². The molecule has 0 aromatic carbocycles. The summed E-state index contributed by atoms with van der Waals surface area (Å²) in [6.45, 7) is 6.26. The van der Waals surface area contributed by atoms with Gasteiger partial charge in [-0.3, -0.25) is 4.79 Å². The van der Waals surface area contributed by atoms with E-state index in [4.69, 9.17) is 0 Å². The standard InChI is InChI=1S/C16H24N2OS/c1-11-10-13(12(2)20-11)16(19)18-9-5-7-15(18)14-6-4-8-17(14)3/h10,14-15H,4-9H2,1-3H3. The second kappa shape index (κ2) is 5.49. The summed E-state index contributed by atoms with van der Waals surface area (Å²) in [5.74, 6) is 0.259.